The molecule has 4 heteroatoms. The lowest BCUT2D eigenvalue weighted by Crippen LogP contribution is -2.09. The molecule has 0 saturated carbocycles. The molecule has 0 radical (unpaired) electrons. The highest BCUT2D eigenvalue weighted by molar-refractivity contribution is 7.98. The summed E-state index contributed by atoms with van der Waals surface area (Å²) in [4.78, 5) is 10.8. The highest BCUT2D eigenvalue weighted by Crippen LogP contribution is 2.23. The van der Waals surface area contributed by atoms with E-state index in [0.717, 1.165) is 27.7 Å². The van der Waals surface area contributed by atoms with Gasteiger partial charge in [-0.25, -0.2) is 9.97 Å². The van der Waals surface area contributed by atoms with Crippen molar-refractivity contribution in [1.82, 2.24) is 9.97 Å². The highest BCUT2D eigenvalue weighted by Gasteiger charge is 2.08. The third-order valence-electron chi connectivity index (χ3n) is 3.04. The first-order chi connectivity index (χ1) is 10.1. The molecule has 21 heavy (non-hydrogen) atoms. The standard InChI is InChI=1S/C17H19N3S/c1-13(2)15(16-10-11-18-17(19-16)21-4)12-20(3)14-8-6-5-7-9-14/h5-12H,1H2,2-4H3/b15-12+. The second kappa shape index (κ2) is 7.09. The Morgan fingerprint density at radius 2 is 1.95 bits per heavy atom. The van der Waals surface area contributed by atoms with Gasteiger partial charge in [-0.1, -0.05) is 36.5 Å². The summed E-state index contributed by atoms with van der Waals surface area (Å²) in [5, 5.41) is 0.766. The topological polar surface area (TPSA) is 29.0 Å². The molecule has 0 saturated heterocycles. The Labute approximate surface area is 130 Å². The second-order valence-electron chi connectivity index (χ2n) is 4.70. The first kappa shape index (κ1) is 15.3. The van der Waals surface area contributed by atoms with Crippen LogP contribution in [0, 0.1) is 0 Å². The predicted molar refractivity (Wildman–Crippen MR) is 91.4 cm³/mol. The zero-order valence-electron chi connectivity index (χ0n) is 12.6. The molecule has 2 aromatic rings. The minimum Gasteiger partial charge on any atom is -0.350 e. The van der Waals surface area contributed by atoms with Crippen LogP contribution in [0.15, 0.2) is 66.1 Å². The van der Waals surface area contributed by atoms with E-state index in [4.69, 9.17) is 0 Å². The van der Waals surface area contributed by atoms with Gasteiger partial charge < -0.3 is 4.90 Å². The van der Waals surface area contributed by atoms with E-state index in [1.807, 2.05) is 44.5 Å². The fraction of sp³-hybridized carbons (Fsp3) is 0.176. The summed E-state index contributed by atoms with van der Waals surface area (Å²) in [6.07, 6.45) is 5.82. The van der Waals surface area contributed by atoms with Gasteiger partial charge in [-0.3, -0.25) is 0 Å². The maximum atomic E-state index is 4.56. The van der Waals surface area contributed by atoms with Crippen molar-refractivity contribution in [1.29, 1.82) is 0 Å². The van der Waals surface area contributed by atoms with Gasteiger partial charge in [0.2, 0.25) is 0 Å². The average Bonchev–Trinajstić information content (AvgIpc) is 2.53. The normalized spacial score (nSPS) is 11.3. The smallest absolute Gasteiger partial charge is 0.187 e. The number of allylic oxidation sites excluding steroid dienone is 2. The molecule has 0 fully saturated rings. The Morgan fingerprint density at radius 3 is 2.57 bits per heavy atom. The van der Waals surface area contributed by atoms with E-state index in [0.29, 0.717) is 0 Å². The fourth-order valence-electron chi connectivity index (χ4n) is 1.92. The molecule has 0 aliphatic carbocycles. The summed E-state index contributed by atoms with van der Waals surface area (Å²) < 4.78 is 0. The van der Waals surface area contributed by atoms with Gasteiger partial charge >= 0.3 is 0 Å². The maximum Gasteiger partial charge on any atom is 0.187 e. The third kappa shape index (κ3) is 3.95. The minimum atomic E-state index is 0.766. The molecule has 2 rings (SSSR count). The molecule has 0 bridgehead atoms. The zero-order chi connectivity index (χ0) is 15.2. The molecule has 0 spiro atoms. The van der Waals surface area contributed by atoms with Gasteiger partial charge in [0.25, 0.3) is 0 Å². The Bertz CT molecular complexity index is 650. The number of para-hydroxylation sites is 1. The van der Waals surface area contributed by atoms with E-state index in [9.17, 15) is 0 Å². The zero-order valence-corrected chi connectivity index (χ0v) is 13.4. The van der Waals surface area contributed by atoms with Gasteiger partial charge in [-0.15, -0.1) is 0 Å². The molecule has 0 amide bonds. The number of nitrogens with zero attached hydrogens (tertiary/aromatic N) is 3. The summed E-state index contributed by atoms with van der Waals surface area (Å²) in [5.74, 6) is 0. The van der Waals surface area contributed by atoms with E-state index >= 15 is 0 Å². The van der Waals surface area contributed by atoms with E-state index in [-0.39, 0.29) is 0 Å². The fourth-order valence-corrected chi connectivity index (χ4v) is 2.27. The lowest BCUT2D eigenvalue weighted by molar-refractivity contribution is 0.955. The molecule has 3 nitrogen and oxygen atoms in total. The van der Waals surface area contributed by atoms with Crippen LogP contribution >= 0.6 is 11.8 Å². The summed E-state index contributed by atoms with van der Waals surface area (Å²) >= 11 is 1.53. The minimum absolute atomic E-state index is 0.766. The van der Waals surface area contributed by atoms with Crippen molar-refractivity contribution >= 4 is 23.0 Å². The molecule has 1 heterocycles. The largest absolute Gasteiger partial charge is 0.350 e. The molecule has 0 aliphatic rings. The number of hydrogen-bond acceptors (Lipinski definition) is 4. The van der Waals surface area contributed by atoms with Gasteiger partial charge in [-0.2, -0.15) is 0 Å². The van der Waals surface area contributed by atoms with Crippen molar-refractivity contribution in [2.45, 2.75) is 12.1 Å². The van der Waals surface area contributed by atoms with Gasteiger partial charge in [0.05, 0.1) is 5.69 Å². The lowest BCUT2D eigenvalue weighted by Gasteiger charge is -2.17. The summed E-state index contributed by atoms with van der Waals surface area (Å²) in [7, 11) is 2.02. The van der Waals surface area contributed by atoms with Crippen LogP contribution in [0.25, 0.3) is 5.57 Å². The average molecular weight is 297 g/mol. The van der Waals surface area contributed by atoms with Gasteiger partial charge in [0.1, 0.15) is 0 Å². The molecular weight excluding hydrogens is 278 g/mol. The molecule has 0 aliphatic heterocycles. The molecule has 1 aromatic carbocycles. The molecular formula is C17H19N3S. The van der Waals surface area contributed by atoms with E-state index in [1.54, 1.807) is 6.20 Å². The SMILES string of the molecule is C=C(C)/C(=C\N(C)c1ccccc1)c1ccnc(SC)n1. The highest BCUT2D eigenvalue weighted by atomic mass is 32.2. The Morgan fingerprint density at radius 1 is 1.24 bits per heavy atom. The molecule has 0 unspecified atom stereocenters. The van der Waals surface area contributed by atoms with Crippen LogP contribution in [0.5, 0.6) is 0 Å². The molecule has 0 N–H and O–H groups in total. The van der Waals surface area contributed by atoms with Crippen molar-refractivity contribution in [3.8, 4) is 0 Å². The molecule has 1 aromatic heterocycles. The third-order valence-corrected chi connectivity index (χ3v) is 3.60. The number of hydrogen-bond donors (Lipinski definition) is 0. The first-order valence-corrected chi connectivity index (χ1v) is 7.87. The molecule has 108 valence electrons. The summed E-state index contributed by atoms with van der Waals surface area (Å²) in [6.45, 7) is 6.06. The maximum absolute atomic E-state index is 4.56. The van der Waals surface area contributed by atoms with E-state index < -0.39 is 0 Å². The summed E-state index contributed by atoms with van der Waals surface area (Å²) in [5.41, 5.74) is 4.00. The monoisotopic (exact) mass is 297 g/mol. The predicted octanol–water partition coefficient (Wildman–Crippen LogP) is 4.25. The quantitative estimate of drug-likeness (QED) is 0.468. The Balaban J connectivity index is 2.38. The number of benzene rings is 1. The number of anilines is 1. The van der Waals surface area contributed by atoms with Crippen LogP contribution in [-0.4, -0.2) is 23.3 Å². The van der Waals surface area contributed by atoms with Crippen molar-refractivity contribution in [2.24, 2.45) is 0 Å². The first-order valence-electron chi connectivity index (χ1n) is 6.65. The summed E-state index contributed by atoms with van der Waals surface area (Å²) in [6, 6.07) is 12.1. The number of thioether (sulfide) groups is 1. The van der Waals surface area contributed by atoms with Gasteiger partial charge in [0, 0.05) is 30.7 Å². The number of rotatable bonds is 5. The molecule has 0 atom stereocenters. The van der Waals surface area contributed by atoms with Gasteiger partial charge in [0.15, 0.2) is 5.16 Å². The van der Waals surface area contributed by atoms with Crippen molar-refractivity contribution < 1.29 is 0 Å². The lowest BCUT2D eigenvalue weighted by atomic mass is 10.1. The van der Waals surface area contributed by atoms with Crippen LogP contribution < -0.4 is 4.90 Å². The van der Waals surface area contributed by atoms with Crippen molar-refractivity contribution in [3.63, 3.8) is 0 Å². The van der Waals surface area contributed by atoms with Crippen LogP contribution in [0.3, 0.4) is 0 Å². The van der Waals surface area contributed by atoms with Crippen LogP contribution in [0.4, 0.5) is 5.69 Å². The van der Waals surface area contributed by atoms with Crippen molar-refractivity contribution in [3.05, 3.63) is 66.6 Å². The van der Waals surface area contributed by atoms with Crippen molar-refractivity contribution in [2.75, 3.05) is 18.2 Å². The van der Waals surface area contributed by atoms with Crippen LogP contribution in [0.2, 0.25) is 0 Å². The van der Waals surface area contributed by atoms with Crippen LogP contribution in [0.1, 0.15) is 12.6 Å². The Kier molecular flexibility index (Phi) is 5.17. The number of aromatic nitrogens is 2. The second-order valence-corrected chi connectivity index (χ2v) is 5.47. The van der Waals surface area contributed by atoms with Crippen LogP contribution in [-0.2, 0) is 0 Å². The Hall–Kier alpha value is -2.07. The van der Waals surface area contributed by atoms with E-state index in [1.165, 1.54) is 11.8 Å². The van der Waals surface area contributed by atoms with E-state index in [2.05, 4.69) is 39.8 Å². The van der Waals surface area contributed by atoms with Gasteiger partial charge in [-0.05, 0) is 37.0 Å².